The van der Waals surface area contributed by atoms with Crippen molar-refractivity contribution < 1.29 is 9.53 Å². The minimum absolute atomic E-state index is 0.339. The van der Waals surface area contributed by atoms with Crippen LogP contribution < -0.4 is 5.32 Å². The largest absolute Gasteiger partial charge is 0.449 e. The number of nitrogens with zero attached hydrogens (tertiary/aromatic N) is 3. The van der Waals surface area contributed by atoms with Crippen LogP contribution >= 0.6 is 15.9 Å². The van der Waals surface area contributed by atoms with E-state index < -0.39 is 6.09 Å². The third-order valence-corrected chi connectivity index (χ3v) is 3.91. The van der Waals surface area contributed by atoms with Crippen LogP contribution in [0.4, 0.5) is 10.5 Å². The number of hydrogen-bond acceptors (Lipinski definition) is 5. The fourth-order valence-electron chi connectivity index (χ4n) is 2.12. The number of ether oxygens (including phenoxy) is 1. The predicted octanol–water partition coefficient (Wildman–Crippen LogP) is 2.57. The molecule has 21 heavy (non-hydrogen) atoms. The van der Waals surface area contributed by atoms with Crippen LogP contribution in [0.2, 0.25) is 0 Å². The van der Waals surface area contributed by atoms with E-state index in [1.807, 2.05) is 12.1 Å². The number of carbonyl (C=O) groups excluding carboxylic acids is 1. The van der Waals surface area contributed by atoms with Crippen LogP contribution in [0.3, 0.4) is 0 Å². The van der Waals surface area contributed by atoms with Gasteiger partial charge >= 0.3 is 6.09 Å². The molecule has 1 aromatic carbocycles. The molecule has 2 aromatic rings. The number of imidazole rings is 1. The summed E-state index contributed by atoms with van der Waals surface area (Å²) < 4.78 is 5.84. The van der Waals surface area contributed by atoms with E-state index in [9.17, 15) is 4.79 Å². The molecule has 2 heterocycles. The molecule has 0 saturated heterocycles. The van der Waals surface area contributed by atoms with Gasteiger partial charge in [0.25, 0.3) is 0 Å². The Morgan fingerprint density at radius 1 is 1.57 bits per heavy atom. The molecule has 0 fully saturated rings. The van der Waals surface area contributed by atoms with Crippen LogP contribution in [-0.2, 0) is 4.74 Å². The number of aliphatic imine (C=N–C) groups is 1. The maximum Gasteiger partial charge on any atom is 0.416 e. The lowest BCUT2D eigenvalue weighted by Gasteiger charge is -2.19. The Morgan fingerprint density at radius 3 is 3.24 bits per heavy atom. The van der Waals surface area contributed by atoms with Crippen molar-refractivity contribution in [2.45, 2.75) is 6.92 Å². The SMILES string of the molecule is CCOC(=O)N1CCN=C1Nc1ccc2[nH]cnc2c1Br. The molecule has 1 aromatic heterocycles. The molecule has 0 aliphatic carbocycles. The highest BCUT2D eigenvalue weighted by Crippen LogP contribution is 2.29. The second kappa shape index (κ2) is 5.72. The van der Waals surface area contributed by atoms with Crippen molar-refractivity contribution in [1.82, 2.24) is 14.9 Å². The second-order valence-corrected chi connectivity index (χ2v) is 5.20. The number of aromatic amines is 1. The number of guanidine groups is 1. The molecule has 8 heteroatoms. The average molecular weight is 352 g/mol. The van der Waals surface area contributed by atoms with E-state index in [4.69, 9.17) is 4.74 Å². The Morgan fingerprint density at radius 2 is 2.43 bits per heavy atom. The Bertz CT molecular complexity index is 712. The van der Waals surface area contributed by atoms with E-state index in [-0.39, 0.29) is 0 Å². The van der Waals surface area contributed by atoms with Gasteiger partial charge in [-0.3, -0.25) is 4.99 Å². The lowest BCUT2D eigenvalue weighted by Crippen LogP contribution is -2.38. The highest BCUT2D eigenvalue weighted by molar-refractivity contribution is 9.10. The Kier molecular flexibility index (Phi) is 3.78. The smallest absolute Gasteiger partial charge is 0.416 e. The zero-order valence-electron chi connectivity index (χ0n) is 11.4. The summed E-state index contributed by atoms with van der Waals surface area (Å²) in [7, 11) is 0. The number of hydrogen-bond donors (Lipinski definition) is 2. The summed E-state index contributed by atoms with van der Waals surface area (Å²) in [4.78, 5) is 24.9. The van der Waals surface area contributed by atoms with Crippen LogP contribution in [0.15, 0.2) is 27.9 Å². The summed E-state index contributed by atoms with van der Waals surface area (Å²) >= 11 is 3.52. The minimum Gasteiger partial charge on any atom is -0.449 e. The lowest BCUT2D eigenvalue weighted by atomic mass is 10.3. The molecule has 0 atom stereocenters. The van der Waals surface area contributed by atoms with Crippen molar-refractivity contribution in [2.75, 3.05) is 25.0 Å². The molecule has 0 radical (unpaired) electrons. The zero-order valence-corrected chi connectivity index (χ0v) is 13.0. The molecule has 0 bridgehead atoms. The summed E-state index contributed by atoms with van der Waals surface area (Å²) in [5, 5.41) is 3.15. The van der Waals surface area contributed by atoms with E-state index in [0.29, 0.717) is 25.7 Å². The second-order valence-electron chi connectivity index (χ2n) is 4.41. The number of fused-ring (bicyclic) bond motifs is 1. The predicted molar refractivity (Wildman–Crippen MR) is 83.4 cm³/mol. The molecule has 1 aliphatic heterocycles. The van der Waals surface area contributed by atoms with Gasteiger partial charge in [0.1, 0.15) is 5.52 Å². The summed E-state index contributed by atoms with van der Waals surface area (Å²) in [6.07, 6.45) is 1.25. The van der Waals surface area contributed by atoms with E-state index in [1.54, 1.807) is 13.3 Å². The molecule has 0 unspecified atom stereocenters. The van der Waals surface area contributed by atoms with Crippen molar-refractivity contribution >= 4 is 44.7 Å². The highest BCUT2D eigenvalue weighted by Gasteiger charge is 2.25. The van der Waals surface area contributed by atoms with Crippen molar-refractivity contribution in [3.05, 3.63) is 22.9 Å². The third kappa shape index (κ3) is 2.58. The zero-order chi connectivity index (χ0) is 14.8. The van der Waals surface area contributed by atoms with Crippen LogP contribution in [0, 0.1) is 0 Å². The minimum atomic E-state index is -0.391. The third-order valence-electron chi connectivity index (χ3n) is 3.11. The van der Waals surface area contributed by atoms with E-state index in [1.165, 1.54) is 4.90 Å². The molecule has 0 saturated carbocycles. The van der Waals surface area contributed by atoms with E-state index in [0.717, 1.165) is 21.2 Å². The first-order valence-corrected chi connectivity index (χ1v) is 7.37. The molecule has 0 spiro atoms. The monoisotopic (exact) mass is 351 g/mol. The summed E-state index contributed by atoms with van der Waals surface area (Å²) in [5.41, 5.74) is 2.55. The Labute approximate surface area is 129 Å². The highest BCUT2D eigenvalue weighted by atomic mass is 79.9. The fraction of sp³-hybridized carbons (Fsp3) is 0.308. The molecule has 1 aliphatic rings. The first-order chi connectivity index (χ1) is 10.2. The number of rotatable bonds is 2. The standard InChI is InChI=1S/C13H14BrN5O2/c1-2-21-13(20)19-6-5-15-12(19)18-8-3-4-9-11(10(8)14)17-7-16-9/h3-4,7H,2,5-6H2,1H3,(H,15,18)(H,16,17). The normalized spacial score (nSPS) is 14.4. The van der Waals surface area contributed by atoms with Crippen molar-refractivity contribution in [3.8, 4) is 0 Å². The first kappa shape index (κ1) is 13.9. The maximum atomic E-state index is 11.9. The van der Waals surface area contributed by atoms with Gasteiger partial charge in [-0.1, -0.05) is 0 Å². The number of carbonyl (C=O) groups is 1. The van der Waals surface area contributed by atoms with Crippen LogP contribution in [0.25, 0.3) is 11.0 Å². The molecule has 3 rings (SSSR count). The molecule has 7 nitrogen and oxygen atoms in total. The van der Waals surface area contributed by atoms with E-state index in [2.05, 4.69) is 36.2 Å². The van der Waals surface area contributed by atoms with Crippen molar-refractivity contribution in [3.63, 3.8) is 0 Å². The summed E-state index contributed by atoms with van der Waals surface area (Å²) in [6.45, 7) is 3.19. The molecule has 2 N–H and O–H groups in total. The summed E-state index contributed by atoms with van der Waals surface area (Å²) in [5.74, 6) is 0.490. The fourth-order valence-corrected chi connectivity index (χ4v) is 2.67. The number of aromatic nitrogens is 2. The topological polar surface area (TPSA) is 82.6 Å². The van der Waals surface area contributed by atoms with Crippen LogP contribution in [0.5, 0.6) is 0 Å². The van der Waals surface area contributed by atoms with Gasteiger partial charge in [0.2, 0.25) is 5.96 Å². The number of benzene rings is 1. The average Bonchev–Trinajstić information content (AvgIpc) is 3.11. The number of anilines is 1. The quantitative estimate of drug-likeness (QED) is 0.870. The Hall–Kier alpha value is -2.09. The van der Waals surface area contributed by atoms with Crippen LogP contribution in [0.1, 0.15) is 6.92 Å². The molecular weight excluding hydrogens is 338 g/mol. The molecule has 1 amide bonds. The number of H-pyrrole nitrogens is 1. The number of amides is 1. The van der Waals surface area contributed by atoms with Gasteiger partial charge in [-0.25, -0.2) is 14.7 Å². The van der Waals surface area contributed by atoms with E-state index >= 15 is 0 Å². The van der Waals surface area contributed by atoms with Gasteiger partial charge < -0.3 is 15.0 Å². The Balaban J connectivity index is 1.84. The molecular formula is C13H14BrN5O2. The van der Waals surface area contributed by atoms with Gasteiger partial charge in [0.05, 0.1) is 41.7 Å². The lowest BCUT2D eigenvalue weighted by molar-refractivity contribution is 0.130. The number of halogens is 1. The van der Waals surface area contributed by atoms with Gasteiger partial charge in [-0.05, 0) is 35.0 Å². The van der Waals surface area contributed by atoms with Crippen molar-refractivity contribution in [2.24, 2.45) is 4.99 Å². The first-order valence-electron chi connectivity index (χ1n) is 6.58. The maximum absolute atomic E-state index is 11.9. The van der Waals surface area contributed by atoms with Gasteiger partial charge in [0.15, 0.2) is 0 Å². The van der Waals surface area contributed by atoms with Crippen molar-refractivity contribution in [1.29, 1.82) is 0 Å². The van der Waals surface area contributed by atoms with Crippen LogP contribution in [-0.4, -0.2) is 46.6 Å². The molecule has 110 valence electrons. The van der Waals surface area contributed by atoms with Gasteiger partial charge in [0, 0.05) is 0 Å². The van der Waals surface area contributed by atoms with Gasteiger partial charge in [-0.2, -0.15) is 0 Å². The number of nitrogens with one attached hydrogen (secondary N) is 2. The summed E-state index contributed by atoms with van der Waals surface area (Å²) in [6, 6.07) is 3.81. The van der Waals surface area contributed by atoms with Gasteiger partial charge in [-0.15, -0.1) is 0 Å².